The lowest BCUT2D eigenvalue weighted by molar-refractivity contribution is -0.384. The Bertz CT molecular complexity index is 838. The van der Waals surface area contributed by atoms with Crippen molar-refractivity contribution in [2.45, 2.75) is 19.4 Å². The molecule has 0 radical (unpaired) electrons. The number of nitro groups is 1. The smallest absolute Gasteiger partial charge is 0.269 e. The SMILES string of the molecule is COc1ccc(C=CC(=O)C2CC2)cc1COc1ccc([N+](=O)[O-])cc1. The Balaban J connectivity index is 1.69. The maximum atomic E-state index is 11.8. The Morgan fingerprint density at radius 3 is 2.58 bits per heavy atom. The molecule has 0 bridgehead atoms. The number of rotatable bonds is 8. The largest absolute Gasteiger partial charge is 0.496 e. The van der Waals surface area contributed by atoms with Gasteiger partial charge in [-0.25, -0.2) is 0 Å². The number of nitrogens with zero attached hydrogens (tertiary/aromatic N) is 1. The van der Waals surface area contributed by atoms with E-state index in [0.717, 1.165) is 24.0 Å². The molecule has 3 rings (SSSR count). The van der Waals surface area contributed by atoms with E-state index < -0.39 is 4.92 Å². The first-order chi connectivity index (χ1) is 12.6. The first kappa shape index (κ1) is 17.7. The molecule has 2 aromatic carbocycles. The van der Waals surface area contributed by atoms with E-state index >= 15 is 0 Å². The molecule has 0 aliphatic heterocycles. The number of ketones is 1. The summed E-state index contributed by atoms with van der Waals surface area (Å²) in [7, 11) is 1.58. The van der Waals surface area contributed by atoms with Gasteiger partial charge in [0.1, 0.15) is 18.1 Å². The van der Waals surface area contributed by atoms with Gasteiger partial charge >= 0.3 is 0 Å². The minimum absolute atomic E-state index is 0.0161. The van der Waals surface area contributed by atoms with E-state index in [-0.39, 0.29) is 24.0 Å². The van der Waals surface area contributed by atoms with Crippen LogP contribution in [0.25, 0.3) is 6.08 Å². The van der Waals surface area contributed by atoms with Crippen LogP contribution in [-0.2, 0) is 11.4 Å². The molecule has 1 aliphatic carbocycles. The van der Waals surface area contributed by atoms with Gasteiger partial charge in [0.15, 0.2) is 5.78 Å². The Hall–Kier alpha value is -3.15. The maximum Gasteiger partial charge on any atom is 0.269 e. The average Bonchev–Trinajstić information content (AvgIpc) is 3.50. The number of non-ortho nitro benzene ring substituents is 1. The van der Waals surface area contributed by atoms with Crippen molar-refractivity contribution >= 4 is 17.5 Å². The van der Waals surface area contributed by atoms with Crippen LogP contribution in [0.1, 0.15) is 24.0 Å². The lowest BCUT2D eigenvalue weighted by atomic mass is 10.1. The molecule has 1 fully saturated rings. The molecule has 0 unspecified atom stereocenters. The van der Waals surface area contributed by atoms with Gasteiger partial charge in [0.05, 0.1) is 12.0 Å². The number of hydrogen-bond donors (Lipinski definition) is 0. The van der Waals surface area contributed by atoms with Crippen molar-refractivity contribution < 1.29 is 19.2 Å². The molecule has 1 aliphatic rings. The van der Waals surface area contributed by atoms with Gasteiger partial charge in [-0.2, -0.15) is 0 Å². The number of carbonyl (C=O) groups is 1. The van der Waals surface area contributed by atoms with E-state index in [1.807, 2.05) is 18.2 Å². The molecule has 0 aromatic heterocycles. The third kappa shape index (κ3) is 4.47. The number of carbonyl (C=O) groups excluding carboxylic acids is 1. The van der Waals surface area contributed by atoms with Crippen LogP contribution >= 0.6 is 0 Å². The van der Waals surface area contributed by atoms with Crippen molar-refractivity contribution in [3.8, 4) is 11.5 Å². The van der Waals surface area contributed by atoms with Gasteiger partial charge in [-0.05, 0) is 48.7 Å². The summed E-state index contributed by atoms with van der Waals surface area (Å²) in [5, 5.41) is 10.7. The third-order valence-corrected chi connectivity index (χ3v) is 4.17. The predicted molar refractivity (Wildman–Crippen MR) is 97.2 cm³/mol. The molecule has 0 atom stereocenters. The zero-order valence-electron chi connectivity index (χ0n) is 14.4. The fourth-order valence-electron chi connectivity index (χ4n) is 2.52. The normalized spacial score (nSPS) is 13.6. The van der Waals surface area contributed by atoms with Crippen LogP contribution in [0.2, 0.25) is 0 Å². The standard InChI is InChI=1S/C20H19NO5/c1-25-20-11-3-14(2-10-19(22)15-4-5-15)12-16(20)13-26-18-8-6-17(7-9-18)21(23)24/h2-3,6-12,15H,4-5,13H2,1H3. The second-order valence-electron chi connectivity index (χ2n) is 6.12. The molecule has 1 saturated carbocycles. The van der Waals surface area contributed by atoms with Gasteiger partial charge in [-0.15, -0.1) is 0 Å². The van der Waals surface area contributed by atoms with Crippen LogP contribution in [0.4, 0.5) is 5.69 Å². The van der Waals surface area contributed by atoms with Crippen molar-refractivity contribution in [2.75, 3.05) is 7.11 Å². The molecule has 6 heteroatoms. The van der Waals surface area contributed by atoms with Gasteiger partial charge in [-0.1, -0.05) is 12.1 Å². The molecule has 0 heterocycles. The minimum atomic E-state index is -0.453. The number of benzene rings is 2. The van der Waals surface area contributed by atoms with Gasteiger partial charge in [0.2, 0.25) is 0 Å². The summed E-state index contributed by atoms with van der Waals surface area (Å²) in [5.74, 6) is 1.58. The maximum absolute atomic E-state index is 11.8. The van der Waals surface area contributed by atoms with Crippen LogP contribution in [-0.4, -0.2) is 17.8 Å². The molecule has 6 nitrogen and oxygen atoms in total. The molecule has 0 spiro atoms. The second kappa shape index (κ2) is 7.82. The van der Waals surface area contributed by atoms with Crippen molar-refractivity contribution in [3.63, 3.8) is 0 Å². The van der Waals surface area contributed by atoms with Gasteiger partial charge in [-0.3, -0.25) is 14.9 Å². The van der Waals surface area contributed by atoms with E-state index in [0.29, 0.717) is 11.5 Å². The molecule has 0 amide bonds. The number of nitro benzene ring substituents is 1. The minimum Gasteiger partial charge on any atom is -0.496 e. The molecular formula is C20H19NO5. The van der Waals surface area contributed by atoms with Gasteiger partial charge in [0.25, 0.3) is 5.69 Å². The number of methoxy groups -OCH3 is 1. The number of hydrogen-bond acceptors (Lipinski definition) is 5. The highest BCUT2D eigenvalue weighted by molar-refractivity contribution is 5.96. The molecule has 26 heavy (non-hydrogen) atoms. The predicted octanol–water partition coefficient (Wildman–Crippen LogP) is 4.17. The lowest BCUT2D eigenvalue weighted by Gasteiger charge is -2.11. The van der Waals surface area contributed by atoms with Crippen molar-refractivity contribution in [1.82, 2.24) is 0 Å². The van der Waals surface area contributed by atoms with Crippen molar-refractivity contribution in [2.24, 2.45) is 5.92 Å². The second-order valence-corrected chi connectivity index (χ2v) is 6.12. The Morgan fingerprint density at radius 1 is 1.23 bits per heavy atom. The summed E-state index contributed by atoms with van der Waals surface area (Å²) < 4.78 is 11.1. The van der Waals surface area contributed by atoms with Crippen LogP contribution in [0, 0.1) is 16.0 Å². The fourth-order valence-corrected chi connectivity index (χ4v) is 2.52. The Kier molecular flexibility index (Phi) is 5.31. The highest BCUT2D eigenvalue weighted by Gasteiger charge is 2.27. The lowest BCUT2D eigenvalue weighted by Crippen LogP contribution is -2.00. The first-order valence-corrected chi connectivity index (χ1v) is 8.33. The monoisotopic (exact) mass is 353 g/mol. The molecule has 0 N–H and O–H groups in total. The number of ether oxygens (including phenoxy) is 2. The zero-order valence-corrected chi connectivity index (χ0v) is 14.4. The Morgan fingerprint density at radius 2 is 1.96 bits per heavy atom. The number of allylic oxidation sites excluding steroid dienone is 1. The van der Waals surface area contributed by atoms with Gasteiger partial charge < -0.3 is 9.47 Å². The summed E-state index contributed by atoms with van der Waals surface area (Å²) in [6.07, 6.45) is 5.40. The molecule has 134 valence electrons. The first-order valence-electron chi connectivity index (χ1n) is 8.33. The van der Waals surface area contributed by atoms with E-state index in [1.54, 1.807) is 31.4 Å². The fraction of sp³-hybridized carbons (Fsp3) is 0.250. The van der Waals surface area contributed by atoms with Crippen LogP contribution in [0.5, 0.6) is 11.5 Å². The van der Waals surface area contributed by atoms with E-state index in [1.165, 1.54) is 12.1 Å². The van der Waals surface area contributed by atoms with Crippen LogP contribution in [0.3, 0.4) is 0 Å². The molecule has 0 saturated heterocycles. The van der Waals surface area contributed by atoms with Crippen molar-refractivity contribution in [1.29, 1.82) is 0 Å². The molecular weight excluding hydrogens is 334 g/mol. The third-order valence-electron chi connectivity index (χ3n) is 4.17. The summed E-state index contributed by atoms with van der Waals surface area (Å²) in [6, 6.07) is 11.5. The summed E-state index contributed by atoms with van der Waals surface area (Å²) in [6.45, 7) is 0.249. The Labute approximate surface area is 151 Å². The quantitative estimate of drug-likeness (QED) is 0.404. The molecule has 2 aromatic rings. The average molecular weight is 353 g/mol. The van der Waals surface area contributed by atoms with Crippen molar-refractivity contribution in [3.05, 3.63) is 69.8 Å². The van der Waals surface area contributed by atoms with E-state index in [2.05, 4.69) is 0 Å². The summed E-state index contributed by atoms with van der Waals surface area (Å²) in [4.78, 5) is 22.0. The van der Waals surface area contributed by atoms with Gasteiger partial charge in [0, 0.05) is 23.6 Å². The highest BCUT2D eigenvalue weighted by Crippen LogP contribution is 2.30. The van der Waals surface area contributed by atoms with E-state index in [4.69, 9.17) is 9.47 Å². The highest BCUT2D eigenvalue weighted by atomic mass is 16.6. The summed E-state index contributed by atoms with van der Waals surface area (Å²) in [5.41, 5.74) is 1.73. The zero-order chi connectivity index (χ0) is 18.5. The summed E-state index contributed by atoms with van der Waals surface area (Å²) >= 11 is 0. The van der Waals surface area contributed by atoms with E-state index in [9.17, 15) is 14.9 Å². The topological polar surface area (TPSA) is 78.7 Å². The van der Waals surface area contributed by atoms with Crippen LogP contribution < -0.4 is 9.47 Å². The van der Waals surface area contributed by atoms with Crippen LogP contribution in [0.15, 0.2) is 48.5 Å².